The summed E-state index contributed by atoms with van der Waals surface area (Å²) in [5.41, 5.74) is 19.3. The molecule has 2 N–H and O–H groups in total. The Morgan fingerprint density at radius 3 is 1.07 bits per heavy atom. The molecule has 0 saturated carbocycles. The molecule has 0 heterocycles. The number of hydrogen-bond acceptors (Lipinski definition) is 2. The predicted octanol–water partition coefficient (Wildman–Crippen LogP) is 17.6. The lowest BCUT2D eigenvalue weighted by molar-refractivity contribution is 0.469. The maximum absolute atomic E-state index is 11.2. The maximum Gasteiger partial charge on any atom is 0.119 e. The van der Waals surface area contributed by atoms with Gasteiger partial charge in [-0.05, 0) is 182 Å². The van der Waals surface area contributed by atoms with Crippen molar-refractivity contribution in [3.05, 3.63) is 311 Å². The molecule has 0 unspecified atom stereocenters. The van der Waals surface area contributed by atoms with Crippen LogP contribution in [0.4, 0.5) is 0 Å². The second kappa shape index (κ2) is 18.2. The molecular formula is C71H50O2. The van der Waals surface area contributed by atoms with Crippen LogP contribution in [-0.2, 0) is 18.3 Å². The molecule has 12 aromatic rings. The van der Waals surface area contributed by atoms with Crippen LogP contribution in [0.25, 0.3) is 77.2 Å². The summed E-state index contributed by atoms with van der Waals surface area (Å²) in [6.45, 7) is 0. The average molecular weight is 935 g/mol. The third-order valence-corrected chi connectivity index (χ3v) is 15.2. The summed E-state index contributed by atoms with van der Waals surface area (Å²) < 4.78 is 0. The predicted molar refractivity (Wildman–Crippen MR) is 302 cm³/mol. The summed E-state index contributed by atoms with van der Waals surface area (Å²) in [5.74, 6) is 0.586. The van der Waals surface area contributed by atoms with Crippen LogP contribution in [0.15, 0.2) is 267 Å². The highest BCUT2D eigenvalue weighted by atomic mass is 16.3. The molecule has 2 nitrogen and oxygen atoms in total. The molecule has 0 aliphatic heterocycles. The molecule has 2 heteroatoms. The van der Waals surface area contributed by atoms with E-state index in [1.807, 2.05) is 60.7 Å². The monoisotopic (exact) mass is 934 g/mol. The van der Waals surface area contributed by atoms with Crippen molar-refractivity contribution in [1.82, 2.24) is 0 Å². The summed E-state index contributed by atoms with van der Waals surface area (Å²) in [6.07, 6.45) is 1.25. The Hall–Kier alpha value is -9.24. The van der Waals surface area contributed by atoms with Crippen molar-refractivity contribution in [3.63, 3.8) is 0 Å². The van der Waals surface area contributed by atoms with E-state index < -0.39 is 5.41 Å². The van der Waals surface area contributed by atoms with Crippen molar-refractivity contribution < 1.29 is 10.2 Å². The van der Waals surface area contributed by atoms with Crippen LogP contribution >= 0.6 is 0 Å². The van der Waals surface area contributed by atoms with Crippen LogP contribution in [0.3, 0.4) is 0 Å². The van der Waals surface area contributed by atoms with Crippen LogP contribution in [0.2, 0.25) is 0 Å². The van der Waals surface area contributed by atoms with Gasteiger partial charge < -0.3 is 10.2 Å². The summed E-state index contributed by atoms with van der Waals surface area (Å²) in [5, 5.41) is 27.3. The van der Waals surface area contributed by atoms with E-state index in [0.717, 1.165) is 66.8 Å². The van der Waals surface area contributed by atoms with Gasteiger partial charge in [-0.2, -0.15) is 0 Å². The second-order valence-corrected chi connectivity index (χ2v) is 19.6. The van der Waals surface area contributed by atoms with Gasteiger partial charge in [0.1, 0.15) is 11.5 Å². The number of rotatable bonds is 10. The van der Waals surface area contributed by atoms with Gasteiger partial charge in [-0.1, -0.05) is 206 Å². The zero-order chi connectivity index (χ0) is 48.9. The average Bonchev–Trinajstić information content (AvgIpc) is 3.75. The lowest BCUT2D eigenvalue weighted by Gasteiger charge is -2.35. The minimum Gasteiger partial charge on any atom is -0.508 e. The summed E-state index contributed by atoms with van der Waals surface area (Å²) >= 11 is 0. The fraction of sp³-hybridized carbons (Fsp3) is 0.0423. The molecule has 0 bridgehead atoms. The first-order valence-corrected chi connectivity index (χ1v) is 25.2. The largest absolute Gasteiger partial charge is 0.508 e. The van der Waals surface area contributed by atoms with Crippen LogP contribution in [0, 0.1) is 0 Å². The van der Waals surface area contributed by atoms with E-state index in [1.54, 1.807) is 0 Å². The van der Waals surface area contributed by atoms with Crippen LogP contribution in [0.5, 0.6) is 11.5 Å². The van der Waals surface area contributed by atoms with Gasteiger partial charge in [-0.25, -0.2) is 0 Å². The Bertz CT molecular complexity index is 3790. The Kier molecular flexibility index (Phi) is 10.9. The molecular weight excluding hydrogens is 885 g/mol. The highest BCUT2D eigenvalue weighted by Crippen LogP contribution is 2.58. The van der Waals surface area contributed by atoms with Crippen molar-refractivity contribution in [2.45, 2.75) is 18.3 Å². The molecule has 0 radical (unpaired) electrons. The standard InChI is InChI=1S/C71H50O2/c72-69-35-31-57(41-61(69)37-47-13-3-1-4-14-47)53-21-11-23-63(43-53)71(64-24-12-22-54(44-64)58-32-36-70(73)62(42-58)38-48-15-5-2-6-16-48)67-33-29-59(55-27-25-49-17-7-9-19-51(49)39-55)45-65(67)66-46-60(30-34-68(66)71)56-28-26-50-18-8-10-20-52(50)40-56/h1-36,39-46,72-73H,37-38H2. The van der Waals surface area contributed by atoms with Gasteiger partial charge in [0.2, 0.25) is 0 Å². The fourth-order valence-electron chi connectivity index (χ4n) is 11.5. The Balaban J connectivity index is 1.04. The minimum atomic E-state index is -0.756. The van der Waals surface area contributed by atoms with Gasteiger partial charge >= 0.3 is 0 Å². The normalized spacial score (nSPS) is 12.4. The van der Waals surface area contributed by atoms with E-state index >= 15 is 0 Å². The highest BCUT2D eigenvalue weighted by Gasteiger charge is 2.46. The first-order chi connectivity index (χ1) is 35.9. The smallest absolute Gasteiger partial charge is 0.119 e. The van der Waals surface area contributed by atoms with Crippen LogP contribution in [-0.4, -0.2) is 10.2 Å². The van der Waals surface area contributed by atoms with Gasteiger partial charge in [0.25, 0.3) is 0 Å². The number of fused-ring (bicyclic) bond motifs is 5. The quantitative estimate of drug-likeness (QED) is 0.143. The van der Waals surface area contributed by atoms with E-state index in [9.17, 15) is 10.2 Å². The molecule has 0 spiro atoms. The molecule has 0 amide bonds. The van der Waals surface area contributed by atoms with Crippen LogP contribution in [0.1, 0.15) is 44.5 Å². The van der Waals surface area contributed by atoms with Crippen molar-refractivity contribution in [2.24, 2.45) is 0 Å². The number of aromatic hydroxyl groups is 2. The Labute approximate surface area is 426 Å². The van der Waals surface area contributed by atoms with Gasteiger partial charge in [0.15, 0.2) is 0 Å². The molecule has 1 aliphatic carbocycles. The lowest BCUT2D eigenvalue weighted by atomic mass is 9.66. The maximum atomic E-state index is 11.2. The van der Waals surface area contributed by atoms with E-state index in [0.29, 0.717) is 24.3 Å². The van der Waals surface area contributed by atoms with Crippen LogP contribution < -0.4 is 0 Å². The number of hydrogen-bond donors (Lipinski definition) is 2. The topological polar surface area (TPSA) is 40.5 Å². The molecule has 73 heavy (non-hydrogen) atoms. The van der Waals surface area contributed by atoms with Crippen molar-refractivity contribution in [2.75, 3.05) is 0 Å². The number of phenols is 2. The van der Waals surface area contributed by atoms with E-state index in [-0.39, 0.29) is 0 Å². The molecule has 0 aromatic heterocycles. The van der Waals surface area contributed by atoms with Gasteiger partial charge in [-0.3, -0.25) is 0 Å². The number of phenolic OH excluding ortho intramolecular Hbond substituents is 2. The SMILES string of the molecule is Oc1ccc(-c2cccc(C3(c4cccc(-c5ccc(O)c(Cc6ccccc6)c5)c4)c4ccc(-c5ccc6ccccc6c5)cc4-c4cc(-c5ccc6ccccc6c5)ccc43)c2)cc1Cc1ccccc1. The molecule has 0 atom stereocenters. The third kappa shape index (κ3) is 7.95. The molecule has 0 saturated heterocycles. The van der Waals surface area contributed by atoms with E-state index in [2.05, 4.69) is 206 Å². The van der Waals surface area contributed by atoms with Crippen molar-refractivity contribution in [3.8, 4) is 67.1 Å². The Morgan fingerprint density at radius 1 is 0.260 bits per heavy atom. The Morgan fingerprint density at radius 2 is 0.616 bits per heavy atom. The molecule has 0 fully saturated rings. The zero-order valence-corrected chi connectivity index (χ0v) is 40.2. The van der Waals surface area contributed by atoms with Crippen molar-refractivity contribution in [1.29, 1.82) is 0 Å². The molecule has 346 valence electrons. The van der Waals surface area contributed by atoms with E-state index in [4.69, 9.17) is 0 Å². The fourth-order valence-corrected chi connectivity index (χ4v) is 11.5. The second-order valence-electron chi connectivity index (χ2n) is 19.6. The summed E-state index contributed by atoms with van der Waals surface area (Å²) in [4.78, 5) is 0. The van der Waals surface area contributed by atoms with Crippen molar-refractivity contribution >= 4 is 21.5 Å². The van der Waals surface area contributed by atoms with Gasteiger partial charge in [0, 0.05) is 12.8 Å². The number of benzene rings is 12. The van der Waals surface area contributed by atoms with E-state index in [1.165, 1.54) is 54.9 Å². The molecule has 12 aromatic carbocycles. The third-order valence-electron chi connectivity index (χ3n) is 15.2. The summed E-state index contributed by atoms with van der Waals surface area (Å²) in [7, 11) is 0. The lowest BCUT2D eigenvalue weighted by Crippen LogP contribution is -2.28. The molecule has 13 rings (SSSR count). The van der Waals surface area contributed by atoms with Gasteiger partial charge in [-0.15, -0.1) is 0 Å². The summed E-state index contributed by atoms with van der Waals surface area (Å²) in [6, 6.07) is 95.8. The zero-order valence-electron chi connectivity index (χ0n) is 40.2. The first-order valence-electron chi connectivity index (χ1n) is 25.2. The molecule has 1 aliphatic rings. The van der Waals surface area contributed by atoms with Gasteiger partial charge in [0.05, 0.1) is 5.41 Å². The minimum absolute atomic E-state index is 0.293. The highest BCUT2D eigenvalue weighted by molar-refractivity contribution is 5.95. The first kappa shape index (κ1) is 43.8.